The van der Waals surface area contributed by atoms with Crippen LogP contribution in [0.1, 0.15) is 6.92 Å². The molecule has 0 bridgehead atoms. The van der Waals surface area contributed by atoms with E-state index in [1.54, 1.807) is 37.1 Å². The number of amides is 2. The lowest BCUT2D eigenvalue weighted by molar-refractivity contribution is -0.122. The van der Waals surface area contributed by atoms with E-state index in [9.17, 15) is 9.59 Å². The summed E-state index contributed by atoms with van der Waals surface area (Å²) in [5.41, 5.74) is 2.45. The van der Waals surface area contributed by atoms with Gasteiger partial charge in [0.15, 0.2) is 11.5 Å². The number of rotatable bonds is 7. The zero-order chi connectivity index (χ0) is 23.2. The van der Waals surface area contributed by atoms with Crippen LogP contribution in [0.2, 0.25) is 0 Å². The number of likely N-dealkylation sites (N-methyl/N-ethyl adjacent to an activating group) is 1. The first-order chi connectivity index (χ1) is 16.0. The average Bonchev–Trinajstić information content (AvgIpc) is 2.84. The standard InChI is InChI=1S/C24H30N4O5/c1-17(24(30)26-19-5-8-21-22(15-19)33-14-13-32-21)27(2)16-23(29)25-18-3-6-20(7-4-18)28-9-11-31-12-10-28/h3-8,15,17H,9-14,16H2,1-2H3,(H,25,29)(H,26,30). The largest absolute Gasteiger partial charge is 0.486 e. The van der Waals surface area contributed by atoms with Crippen molar-refractivity contribution in [1.29, 1.82) is 0 Å². The maximum atomic E-state index is 12.7. The molecular formula is C24H30N4O5. The molecule has 9 heteroatoms. The van der Waals surface area contributed by atoms with Gasteiger partial charge in [0, 0.05) is 36.2 Å². The van der Waals surface area contributed by atoms with Gasteiger partial charge < -0.3 is 29.7 Å². The fraction of sp³-hybridized carbons (Fsp3) is 0.417. The minimum Gasteiger partial charge on any atom is -0.486 e. The summed E-state index contributed by atoms with van der Waals surface area (Å²) in [6, 6.07) is 12.5. The van der Waals surface area contributed by atoms with Crippen LogP contribution in [0.15, 0.2) is 42.5 Å². The molecule has 0 spiro atoms. The van der Waals surface area contributed by atoms with E-state index in [4.69, 9.17) is 14.2 Å². The van der Waals surface area contributed by atoms with Gasteiger partial charge in [-0.15, -0.1) is 0 Å². The van der Waals surface area contributed by atoms with Crippen molar-refractivity contribution in [2.45, 2.75) is 13.0 Å². The summed E-state index contributed by atoms with van der Waals surface area (Å²) >= 11 is 0. The molecule has 2 heterocycles. The SMILES string of the molecule is CC(C(=O)Nc1ccc2c(c1)OCCO2)N(C)CC(=O)Nc1ccc(N2CCOCC2)cc1. The Hall–Kier alpha value is -3.30. The first-order valence-corrected chi connectivity index (χ1v) is 11.1. The smallest absolute Gasteiger partial charge is 0.241 e. The molecule has 1 fully saturated rings. The van der Waals surface area contributed by atoms with Gasteiger partial charge in [0.1, 0.15) is 13.2 Å². The first-order valence-electron chi connectivity index (χ1n) is 11.1. The van der Waals surface area contributed by atoms with E-state index in [2.05, 4.69) is 15.5 Å². The number of nitrogens with one attached hydrogen (secondary N) is 2. The topological polar surface area (TPSA) is 92.4 Å². The molecule has 0 aromatic heterocycles. The van der Waals surface area contributed by atoms with Gasteiger partial charge in [-0.3, -0.25) is 14.5 Å². The lowest BCUT2D eigenvalue weighted by atomic mass is 10.2. The highest BCUT2D eigenvalue weighted by Crippen LogP contribution is 2.32. The summed E-state index contributed by atoms with van der Waals surface area (Å²) in [6.45, 7) is 6.02. The van der Waals surface area contributed by atoms with Gasteiger partial charge in [0.25, 0.3) is 0 Å². The summed E-state index contributed by atoms with van der Waals surface area (Å²) in [4.78, 5) is 29.1. The molecule has 2 amide bonds. The van der Waals surface area contributed by atoms with E-state index in [-0.39, 0.29) is 18.4 Å². The second kappa shape index (κ2) is 10.5. The van der Waals surface area contributed by atoms with E-state index in [0.29, 0.717) is 30.4 Å². The number of carbonyl (C=O) groups excluding carboxylic acids is 2. The molecule has 2 N–H and O–H groups in total. The molecular weight excluding hydrogens is 424 g/mol. The summed E-state index contributed by atoms with van der Waals surface area (Å²) in [7, 11) is 1.75. The molecule has 4 rings (SSSR count). The zero-order valence-corrected chi connectivity index (χ0v) is 19.0. The van der Waals surface area contributed by atoms with Gasteiger partial charge in [-0.05, 0) is 50.4 Å². The van der Waals surface area contributed by atoms with Crippen LogP contribution in [0.4, 0.5) is 17.1 Å². The highest BCUT2D eigenvalue weighted by atomic mass is 16.6. The first kappa shape index (κ1) is 22.9. The highest BCUT2D eigenvalue weighted by Gasteiger charge is 2.21. The van der Waals surface area contributed by atoms with E-state index < -0.39 is 6.04 Å². The van der Waals surface area contributed by atoms with Crippen LogP contribution in [0.5, 0.6) is 11.5 Å². The third-order valence-corrected chi connectivity index (χ3v) is 5.77. The Morgan fingerprint density at radius 1 is 0.939 bits per heavy atom. The minimum atomic E-state index is -0.507. The molecule has 0 saturated carbocycles. The number of ether oxygens (including phenoxy) is 3. The maximum Gasteiger partial charge on any atom is 0.241 e. The van der Waals surface area contributed by atoms with E-state index in [1.165, 1.54) is 0 Å². The summed E-state index contributed by atoms with van der Waals surface area (Å²) in [5.74, 6) is 0.880. The molecule has 9 nitrogen and oxygen atoms in total. The summed E-state index contributed by atoms with van der Waals surface area (Å²) in [6.07, 6.45) is 0. The Balaban J connectivity index is 1.26. The number of nitrogens with zero attached hydrogens (tertiary/aromatic N) is 2. The summed E-state index contributed by atoms with van der Waals surface area (Å²) < 4.78 is 16.4. The quantitative estimate of drug-likeness (QED) is 0.663. The molecule has 2 aliphatic heterocycles. The molecule has 176 valence electrons. The number of carbonyl (C=O) groups is 2. The highest BCUT2D eigenvalue weighted by molar-refractivity contribution is 5.96. The normalized spacial score (nSPS) is 16.3. The van der Waals surface area contributed by atoms with Crippen molar-refractivity contribution >= 4 is 28.9 Å². The average molecular weight is 455 g/mol. The van der Waals surface area contributed by atoms with E-state index >= 15 is 0 Å². The van der Waals surface area contributed by atoms with Gasteiger partial charge >= 0.3 is 0 Å². The second-order valence-corrected chi connectivity index (χ2v) is 8.13. The van der Waals surface area contributed by atoms with Crippen molar-refractivity contribution in [3.63, 3.8) is 0 Å². The number of fused-ring (bicyclic) bond motifs is 1. The van der Waals surface area contributed by atoms with Gasteiger partial charge in [-0.1, -0.05) is 0 Å². The second-order valence-electron chi connectivity index (χ2n) is 8.13. The van der Waals surface area contributed by atoms with Crippen LogP contribution in [-0.4, -0.2) is 75.9 Å². The Morgan fingerprint density at radius 3 is 2.33 bits per heavy atom. The van der Waals surface area contributed by atoms with Crippen LogP contribution >= 0.6 is 0 Å². The van der Waals surface area contributed by atoms with Crippen molar-refractivity contribution in [3.8, 4) is 11.5 Å². The Bertz CT molecular complexity index is 975. The predicted molar refractivity (Wildman–Crippen MR) is 126 cm³/mol. The lowest BCUT2D eigenvalue weighted by Crippen LogP contribution is -2.43. The van der Waals surface area contributed by atoms with Gasteiger partial charge in [-0.2, -0.15) is 0 Å². The molecule has 2 aliphatic rings. The Morgan fingerprint density at radius 2 is 1.61 bits per heavy atom. The van der Waals surface area contributed by atoms with Crippen molar-refractivity contribution in [1.82, 2.24) is 4.90 Å². The van der Waals surface area contributed by atoms with E-state index in [0.717, 1.165) is 37.7 Å². The Kier molecular flexibility index (Phi) is 7.31. The van der Waals surface area contributed by atoms with Gasteiger partial charge in [-0.25, -0.2) is 0 Å². The maximum absolute atomic E-state index is 12.7. The fourth-order valence-electron chi connectivity index (χ4n) is 3.71. The zero-order valence-electron chi connectivity index (χ0n) is 19.0. The van der Waals surface area contributed by atoms with Crippen LogP contribution in [-0.2, 0) is 14.3 Å². The predicted octanol–water partition coefficient (Wildman–Crippen LogP) is 2.19. The number of hydrogen-bond acceptors (Lipinski definition) is 7. The van der Waals surface area contributed by atoms with Gasteiger partial charge in [0.2, 0.25) is 11.8 Å². The van der Waals surface area contributed by atoms with Crippen LogP contribution in [0, 0.1) is 0 Å². The summed E-state index contributed by atoms with van der Waals surface area (Å²) in [5, 5.41) is 5.77. The number of hydrogen-bond donors (Lipinski definition) is 2. The molecule has 2 aromatic carbocycles. The molecule has 1 atom stereocenters. The minimum absolute atomic E-state index is 0.0843. The van der Waals surface area contributed by atoms with Crippen LogP contribution in [0.3, 0.4) is 0 Å². The number of anilines is 3. The van der Waals surface area contributed by atoms with Gasteiger partial charge in [0.05, 0.1) is 25.8 Å². The fourth-order valence-corrected chi connectivity index (χ4v) is 3.71. The molecule has 1 unspecified atom stereocenters. The molecule has 33 heavy (non-hydrogen) atoms. The van der Waals surface area contributed by atoms with Crippen molar-refractivity contribution in [2.24, 2.45) is 0 Å². The van der Waals surface area contributed by atoms with Crippen molar-refractivity contribution in [3.05, 3.63) is 42.5 Å². The van der Waals surface area contributed by atoms with E-state index in [1.807, 2.05) is 24.3 Å². The molecule has 0 aliphatic carbocycles. The lowest BCUT2D eigenvalue weighted by Gasteiger charge is -2.29. The van der Waals surface area contributed by atoms with Crippen LogP contribution < -0.4 is 25.0 Å². The number of morpholine rings is 1. The third-order valence-electron chi connectivity index (χ3n) is 5.77. The number of benzene rings is 2. The molecule has 2 aromatic rings. The third kappa shape index (κ3) is 5.94. The monoisotopic (exact) mass is 454 g/mol. The van der Waals surface area contributed by atoms with Crippen LogP contribution in [0.25, 0.3) is 0 Å². The molecule has 0 radical (unpaired) electrons. The van der Waals surface area contributed by atoms with Crippen molar-refractivity contribution in [2.75, 3.05) is 68.6 Å². The molecule has 1 saturated heterocycles. The van der Waals surface area contributed by atoms with Crippen molar-refractivity contribution < 1.29 is 23.8 Å². The Labute approximate surface area is 193 Å².